The molecule has 1 unspecified atom stereocenters. The molecule has 33 heavy (non-hydrogen) atoms. The van der Waals surface area contributed by atoms with Gasteiger partial charge in [-0.15, -0.1) is 0 Å². The van der Waals surface area contributed by atoms with Crippen molar-refractivity contribution in [3.8, 4) is 0 Å². The van der Waals surface area contributed by atoms with Gasteiger partial charge < -0.3 is 10.2 Å². The second kappa shape index (κ2) is 11.4. The monoisotopic (exact) mass is 533 g/mol. The number of hydrogen-bond donors (Lipinski definition) is 1. The van der Waals surface area contributed by atoms with E-state index in [-0.39, 0.29) is 24.2 Å². The minimum absolute atomic E-state index is 0.0234. The first kappa shape index (κ1) is 27.2. The quantitative estimate of drug-likeness (QED) is 0.518. The number of carbonyl (C=O) groups excluding carboxylic acids is 2. The van der Waals surface area contributed by atoms with Gasteiger partial charge in [0.05, 0.1) is 22.0 Å². The Labute approximate surface area is 209 Å². The van der Waals surface area contributed by atoms with E-state index in [0.717, 1.165) is 10.6 Å². The third-order valence-corrected chi connectivity index (χ3v) is 6.83. The predicted molar refractivity (Wildman–Crippen MR) is 133 cm³/mol. The number of anilines is 1. The third kappa shape index (κ3) is 7.78. The molecule has 0 spiro atoms. The Balaban J connectivity index is 2.41. The van der Waals surface area contributed by atoms with Crippen molar-refractivity contribution in [2.24, 2.45) is 0 Å². The van der Waals surface area contributed by atoms with Crippen molar-refractivity contribution < 1.29 is 18.0 Å². The fourth-order valence-corrected chi connectivity index (χ4v) is 4.41. The van der Waals surface area contributed by atoms with Gasteiger partial charge in [-0.1, -0.05) is 46.9 Å². The number of sulfonamides is 1. The maximum Gasteiger partial charge on any atom is 0.244 e. The molecular weight excluding hydrogens is 509 g/mol. The van der Waals surface area contributed by atoms with Crippen LogP contribution in [-0.4, -0.2) is 50.0 Å². The molecule has 1 N–H and O–H groups in total. The number of hydrogen-bond acceptors (Lipinski definition) is 4. The van der Waals surface area contributed by atoms with E-state index in [0.29, 0.717) is 20.6 Å². The number of benzene rings is 2. The van der Waals surface area contributed by atoms with Gasteiger partial charge in [0.2, 0.25) is 21.8 Å². The molecule has 0 saturated carbocycles. The van der Waals surface area contributed by atoms with Gasteiger partial charge in [0.15, 0.2) is 0 Å². The molecule has 7 nitrogen and oxygen atoms in total. The zero-order valence-corrected chi connectivity index (χ0v) is 21.8. The maximum atomic E-state index is 13.4. The number of carbonyl (C=O) groups is 2. The summed E-state index contributed by atoms with van der Waals surface area (Å²) in [5.74, 6) is -0.940. The summed E-state index contributed by atoms with van der Waals surface area (Å²) in [6, 6.07) is 10.0. The van der Waals surface area contributed by atoms with Crippen LogP contribution in [0.5, 0.6) is 0 Å². The van der Waals surface area contributed by atoms with Gasteiger partial charge in [0.1, 0.15) is 12.6 Å². The van der Waals surface area contributed by atoms with Crippen molar-refractivity contribution >= 4 is 62.3 Å². The highest BCUT2D eigenvalue weighted by Crippen LogP contribution is 2.25. The lowest BCUT2D eigenvalue weighted by Crippen LogP contribution is -2.52. The molecule has 1 atom stereocenters. The van der Waals surface area contributed by atoms with E-state index in [1.54, 1.807) is 57.2 Å². The highest BCUT2D eigenvalue weighted by molar-refractivity contribution is 7.92. The number of halogens is 3. The zero-order chi connectivity index (χ0) is 24.9. The van der Waals surface area contributed by atoms with E-state index in [9.17, 15) is 18.0 Å². The Morgan fingerprint density at radius 1 is 1.00 bits per heavy atom. The standard InChI is InChI=1S/C22H26Cl3N3O4S/c1-14(2)26-22(30)15(3)27(12-16-8-9-19(24)20(25)10-16)21(29)13-28(33(4,31)32)18-7-5-6-17(23)11-18/h5-11,14-15H,12-13H2,1-4H3,(H,26,30). The summed E-state index contributed by atoms with van der Waals surface area (Å²) in [5, 5.41) is 3.76. The molecule has 2 aromatic rings. The van der Waals surface area contributed by atoms with Crippen LogP contribution < -0.4 is 9.62 Å². The molecule has 0 saturated heterocycles. The molecular formula is C22H26Cl3N3O4S. The van der Waals surface area contributed by atoms with E-state index in [2.05, 4.69) is 5.32 Å². The Morgan fingerprint density at radius 2 is 1.67 bits per heavy atom. The fourth-order valence-electron chi connectivity index (χ4n) is 3.07. The lowest BCUT2D eigenvalue weighted by Gasteiger charge is -2.32. The van der Waals surface area contributed by atoms with Gasteiger partial charge >= 0.3 is 0 Å². The van der Waals surface area contributed by atoms with Crippen molar-refractivity contribution in [2.45, 2.75) is 39.4 Å². The van der Waals surface area contributed by atoms with Crippen molar-refractivity contribution in [1.82, 2.24) is 10.2 Å². The first-order valence-electron chi connectivity index (χ1n) is 10.1. The molecule has 0 aliphatic rings. The first-order chi connectivity index (χ1) is 15.3. The number of nitrogens with one attached hydrogen (secondary N) is 1. The predicted octanol–water partition coefficient (Wildman–Crippen LogP) is 4.35. The van der Waals surface area contributed by atoms with Crippen molar-refractivity contribution in [3.05, 3.63) is 63.1 Å². The Bertz CT molecular complexity index is 1130. The van der Waals surface area contributed by atoms with Crippen molar-refractivity contribution in [1.29, 1.82) is 0 Å². The normalized spacial score (nSPS) is 12.4. The van der Waals surface area contributed by atoms with Crippen LogP contribution in [0.2, 0.25) is 15.1 Å². The van der Waals surface area contributed by atoms with Crippen LogP contribution in [0.1, 0.15) is 26.3 Å². The van der Waals surface area contributed by atoms with Crippen LogP contribution in [0.15, 0.2) is 42.5 Å². The molecule has 0 fully saturated rings. The first-order valence-corrected chi connectivity index (χ1v) is 13.0. The van der Waals surface area contributed by atoms with Gasteiger partial charge in [0.25, 0.3) is 0 Å². The largest absolute Gasteiger partial charge is 0.352 e. The minimum Gasteiger partial charge on any atom is -0.352 e. The van der Waals surface area contributed by atoms with Gasteiger partial charge in [-0.2, -0.15) is 0 Å². The fraction of sp³-hybridized carbons (Fsp3) is 0.364. The van der Waals surface area contributed by atoms with E-state index < -0.39 is 28.5 Å². The maximum absolute atomic E-state index is 13.4. The van der Waals surface area contributed by atoms with Crippen LogP contribution in [0.4, 0.5) is 5.69 Å². The van der Waals surface area contributed by atoms with Gasteiger partial charge in [-0.25, -0.2) is 8.42 Å². The van der Waals surface area contributed by atoms with Gasteiger partial charge in [-0.05, 0) is 56.7 Å². The molecule has 0 aliphatic heterocycles. The second-order valence-electron chi connectivity index (χ2n) is 7.86. The molecule has 2 aromatic carbocycles. The smallest absolute Gasteiger partial charge is 0.244 e. The van der Waals surface area contributed by atoms with Crippen molar-refractivity contribution in [3.63, 3.8) is 0 Å². The highest BCUT2D eigenvalue weighted by atomic mass is 35.5. The molecule has 11 heteroatoms. The summed E-state index contributed by atoms with van der Waals surface area (Å²) in [5.41, 5.74) is 0.878. The number of nitrogens with zero attached hydrogens (tertiary/aromatic N) is 2. The highest BCUT2D eigenvalue weighted by Gasteiger charge is 2.30. The van der Waals surface area contributed by atoms with E-state index >= 15 is 0 Å². The topological polar surface area (TPSA) is 86.8 Å². The number of amides is 2. The van der Waals surface area contributed by atoms with Crippen LogP contribution in [-0.2, 0) is 26.2 Å². The van der Waals surface area contributed by atoms with Gasteiger partial charge in [-0.3, -0.25) is 13.9 Å². The zero-order valence-electron chi connectivity index (χ0n) is 18.7. The van der Waals surface area contributed by atoms with Crippen molar-refractivity contribution in [2.75, 3.05) is 17.1 Å². The lowest BCUT2D eigenvalue weighted by atomic mass is 10.1. The minimum atomic E-state index is -3.83. The van der Waals surface area contributed by atoms with Crippen LogP contribution in [0.3, 0.4) is 0 Å². The summed E-state index contributed by atoms with van der Waals surface area (Å²) in [4.78, 5) is 27.4. The molecule has 180 valence electrons. The Hall–Kier alpha value is -2.00. The molecule has 0 aliphatic carbocycles. The summed E-state index contributed by atoms with van der Waals surface area (Å²) in [6.07, 6.45) is 0.999. The molecule has 0 radical (unpaired) electrons. The molecule has 0 bridgehead atoms. The van der Waals surface area contributed by atoms with E-state index in [1.165, 1.54) is 11.0 Å². The van der Waals surface area contributed by atoms with Gasteiger partial charge in [0, 0.05) is 17.6 Å². The summed E-state index contributed by atoms with van der Waals surface area (Å²) < 4.78 is 25.9. The van der Waals surface area contributed by atoms with Crippen LogP contribution >= 0.6 is 34.8 Å². The average Bonchev–Trinajstić information content (AvgIpc) is 2.70. The Morgan fingerprint density at radius 3 is 2.21 bits per heavy atom. The van der Waals surface area contributed by atoms with E-state index in [4.69, 9.17) is 34.8 Å². The third-order valence-electron chi connectivity index (χ3n) is 4.71. The lowest BCUT2D eigenvalue weighted by molar-refractivity contribution is -0.139. The van der Waals surface area contributed by atoms with Crippen LogP contribution in [0, 0.1) is 0 Å². The molecule has 0 aromatic heterocycles. The summed E-state index contributed by atoms with van der Waals surface area (Å²) in [6.45, 7) is 4.70. The molecule has 0 heterocycles. The average molecular weight is 535 g/mol. The summed E-state index contributed by atoms with van der Waals surface area (Å²) >= 11 is 18.1. The molecule has 2 amide bonds. The Kier molecular flexibility index (Phi) is 9.43. The summed E-state index contributed by atoms with van der Waals surface area (Å²) in [7, 11) is -3.83. The second-order valence-corrected chi connectivity index (χ2v) is 11.0. The number of rotatable bonds is 9. The van der Waals surface area contributed by atoms with E-state index in [1.807, 2.05) is 0 Å². The SMILES string of the molecule is CC(C)NC(=O)C(C)N(Cc1ccc(Cl)c(Cl)c1)C(=O)CN(c1cccc(Cl)c1)S(C)(=O)=O. The molecule has 2 rings (SSSR count). The van der Waals surface area contributed by atoms with Crippen LogP contribution in [0.25, 0.3) is 0 Å².